The Morgan fingerprint density at radius 2 is 2.05 bits per heavy atom. The minimum atomic E-state index is 0.502. The van der Waals surface area contributed by atoms with Crippen LogP contribution in [-0.4, -0.2) is 6.04 Å². The van der Waals surface area contributed by atoms with Gasteiger partial charge in [0.1, 0.15) is 6.07 Å². The molecule has 102 valence electrons. The van der Waals surface area contributed by atoms with Crippen molar-refractivity contribution in [1.82, 2.24) is 0 Å². The number of anilines is 1. The Kier molecular flexibility index (Phi) is 4.87. The molecule has 0 aliphatic heterocycles. The summed E-state index contributed by atoms with van der Waals surface area (Å²) < 4.78 is 0.957. The zero-order chi connectivity index (χ0) is 13.8. The molecule has 1 aliphatic rings. The Bertz CT molecular complexity index is 476. The summed E-state index contributed by atoms with van der Waals surface area (Å²) in [5.41, 5.74) is 1.70. The molecule has 0 aromatic heterocycles. The van der Waals surface area contributed by atoms with Gasteiger partial charge in [-0.25, -0.2) is 0 Å². The number of rotatable bonds is 3. The number of halogens is 1. The molecule has 0 spiro atoms. The number of nitrogens with zero attached hydrogens (tertiary/aromatic N) is 1. The Labute approximate surface area is 124 Å². The molecule has 1 fully saturated rings. The highest BCUT2D eigenvalue weighted by Crippen LogP contribution is 2.33. The lowest BCUT2D eigenvalue weighted by molar-refractivity contribution is 0.254. The van der Waals surface area contributed by atoms with Crippen molar-refractivity contribution in [3.63, 3.8) is 0 Å². The molecule has 1 N–H and O–H groups in total. The average Bonchev–Trinajstić information content (AvgIpc) is 2.41. The third-order valence-corrected chi connectivity index (χ3v) is 4.61. The quantitative estimate of drug-likeness (QED) is 0.855. The predicted molar refractivity (Wildman–Crippen MR) is 83.1 cm³/mol. The normalized spacial score (nSPS) is 23.1. The van der Waals surface area contributed by atoms with E-state index < -0.39 is 0 Å². The second-order valence-corrected chi connectivity index (χ2v) is 6.66. The Morgan fingerprint density at radius 3 is 2.74 bits per heavy atom. The van der Waals surface area contributed by atoms with Gasteiger partial charge >= 0.3 is 0 Å². The maximum absolute atomic E-state index is 9.24. The largest absolute Gasteiger partial charge is 0.381 e. The summed E-state index contributed by atoms with van der Waals surface area (Å²) in [5.74, 6) is 1.41. The molecule has 2 atom stereocenters. The highest BCUT2D eigenvalue weighted by atomic mass is 79.9. The maximum atomic E-state index is 9.24. The van der Waals surface area contributed by atoms with Gasteiger partial charge in [0, 0.05) is 10.5 Å². The van der Waals surface area contributed by atoms with E-state index in [9.17, 15) is 5.26 Å². The van der Waals surface area contributed by atoms with Gasteiger partial charge in [-0.2, -0.15) is 5.26 Å². The van der Waals surface area contributed by atoms with Gasteiger partial charge in [0.15, 0.2) is 0 Å². The van der Waals surface area contributed by atoms with E-state index >= 15 is 0 Å². The van der Waals surface area contributed by atoms with E-state index in [-0.39, 0.29) is 0 Å². The first-order valence-corrected chi connectivity index (χ1v) is 7.87. The fourth-order valence-corrected chi connectivity index (χ4v) is 3.43. The average molecular weight is 321 g/mol. The zero-order valence-corrected chi connectivity index (χ0v) is 13.2. The molecule has 1 aromatic rings. The van der Waals surface area contributed by atoms with E-state index in [1.165, 1.54) is 25.7 Å². The first-order valence-electron chi connectivity index (χ1n) is 7.08. The van der Waals surface area contributed by atoms with Crippen LogP contribution in [0.15, 0.2) is 22.7 Å². The highest BCUT2D eigenvalue weighted by molar-refractivity contribution is 9.10. The molecule has 0 bridgehead atoms. The van der Waals surface area contributed by atoms with Crippen LogP contribution < -0.4 is 5.32 Å². The van der Waals surface area contributed by atoms with Crippen molar-refractivity contribution in [2.24, 2.45) is 11.8 Å². The van der Waals surface area contributed by atoms with Crippen molar-refractivity contribution < 1.29 is 0 Å². The van der Waals surface area contributed by atoms with Crippen LogP contribution in [0, 0.1) is 23.2 Å². The van der Waals surface area contributed by atoms with E-state index in [4.69, 9.17) is 0 Å². The molecule has 0 heterocycles. The molecule has 1 saturated carbocycles. The van der Waals surface area contributed by atoms with E-state index in [0.717, 1.165) is 15.7 Å². The summed E-state index contributed by atoms with van der Waals surface area (Å²) in [4.78, 5) is 0. The Hall–Kier alpha value is -1.01. The van der Waals surface area contributed by atoms with Crippen molar-refractivity contribution >= 4 is 21.6 Å². The molecule has 0 saturated heterocycles. The molecule has 2 nitrogen and oxygen atoms in total. The van der Waals surface area contributed by atoms with Crippen molar-refractivity contribution in [1.29, 1.82) is 5.26 Å². The van der Waals surface area contributed by atoms with Crippen molar-refractivity contribution in [2.45, 2.75) is 45.6 Å². The van der Waals surface area contributed by atoms with Gasteiger partial charge in [0.2, 0.25) is 0 Å². The van der Waals surface area contributed by atoms with Gasteiger partial charge < -0.3 is 5.32 Å². The minimum absolute atomic E-state index is 0.502. The monoisotopic (exact) mass is 320 g/mol. The number of hydrogen-bond acceptors (Lipinski definition) is 2. The third kappa shape index (κ3) is 3.51. The number of benzene rings is 1. The van der Waals surface area contributed by atoms with Crippen molar-refractivity contribution in [3.8, 4) is 6.07 Å². The van der Waals surface area contributed by atoms with Gasteiger partial charge in [0.05, 0.1) is 11.3 Å². The van der Waals surface area contributed by atoms with Crippen LogP contribution in [0.2, 0.25) is 0 Å². The molecule has 19 heavy (non-hydrogen) atoms. The minimum Gasteiger partial charge on any atom is -0.381 e. The second kappa shape index (κ2) is 6.43. The summed E-state index contributed by atoms with van der Waals surface area (Å²) in [6.07, 6.45) is 5.14. The maximum Gasteiger partial charge on any atom is 0.101 e. The molecule has 2 rings (SSSR count). The summed E-state index contributed by atoms with van der Waals surface area (Å²) in [7, 11) is 0. The standard InChI is InChI=1S/C16H21BrN2/c1-11(2)14-5-3-4-6-16(14)19-15-8-7-13(17)9-12(15)10-18/h7-9,11,14,16,19H,3-6H2,1-2H3. The van der Waals surface area contributed by atoms with Crippen LogP contribution in [0.5, 0.6) is 0 Å². The van der Waals surface area contributed by atoms with Crippen LogP contribution in [0.3, 0.4) is 0 Å². The first-order chi connectivity index (χ1) is 9.11. The number of hydrogen-bond donors (Lipinski definition) is 1. The van der Waals surface area contributed by atoms with E-state index in [1.54, 1.807) is 0 Å². The molecule has 3 heteroatoms. The van der Waals surface area contributed by atoms with Gasteiger partial charge in [-0.15, -0.1) is 0 Å². The molecular weight excluding hydrogens is 300 g/mol. The summed E-state index contributed by atoms with van der Waals surface area (Å²) in [6, 6.07) is 8.67. The zero-order valence-electron chi connectivity index (χ0n) is 11.6. The lowest BCUT2D eigenvalue weighted by atomic mass is 9.77. The van der Waals surface area contributed by atoms with E-state index in [2.05, 4.69) is 41.2 Å². The molecule has 0 radical (unpaired) electrons. The summed E-state index contributed by atoms with van der Waals surface area (Å²) in [6.45, 7) is 4.61. The highest BCUT2D eigenvalue weighted by Gasteiger charge is 2.27. The molecule has 0 amide bonds. The topological polar surface area (TPSA) is 35.8 Å². The fourth-order valence-electron chi connectivity index (χ4n) is 3.07. The number of nitriles is 1. The van der Waals surface area contributed by atoms with Crippen molar-refractivity contribution in [3.05, 3.63) is 28.2 Å². The summed E-state index contributed by atoms with van der Waals surface area (Å²) >= 11 is 3.42. The molecule has 1 aromatic carbocycles. The van der Waals surface area contributed by atoms with Gasteiger partial charge in [-0.05, 0) is 42.9 Å². The second-order valence-electron chi connectivity index (χ2n) is 5.74. The van der Waals surface area contributed by atoms with Gasteiger partial charge in [-0.1, -0.05) is 42.6 Å². The smallest absolute Gasteiger partial charge is 0.101 e. The van der Waals surface area contributed by atoms with E-state index in [0.29, 0.717) is 17.9 Å². The number of nitrogens with one attached hydrogen (secondary N) is 1. The lowest BCUT2D eigenvalue weighted by Gasteiger charge is -2.35. The SMILES string of the molecule is CC(C)C1CCCCC1Nc1ccc(Br)cc1C#N. The van der Waals surface area contributed by atoms with Crippen LogP contribution >= 0.6 is 15.9 Å². The lowest BCUT2D eigenvalue weighted by Crippen LogP contribution is -2.35. The molecular formula is C16H21BrN2. The third-order valence-electron chi connectivity index (χ3n) is 4.12. The Morgan fingerprint density at radius 1 is 1.32 bits per heavy atom. The van der Waals surface area contributed by atoms with E-state index in [1.807, 2.05) is 18.2 Å². The fraction of sp³-hybridized carbons (Fsp3) is 0.562. The van der Waals surface area contributed by atoms with Gasteiger partial charge in [0.25, 0.3) is 0 Å². The Balaban J connectivity index is 2.17. The van der Waals surface area contributed by atoms with Crippen LogP contribution in [0.4, 0.5) is 5.69 Å². The van der Waals surface area contributed by atoms with Crippen LogP contribution in [0.25, 0.3) is 0 Å². The molecule has 2 unspecified atom stereocenters. The first kappa shape index (κ1) is 14.4. The molecule has 1 aliphatic carbocycles. The van der Waals surface area contributed by atoms with Crippen LogP contribution in [-0.2, 0) is 0 Å². The summed E-state index contributed by atoms with van der Waals surface area (Å²) in [5, 5.41) is 12.9. The van der Waals surface area contributed by atoms with Gasteiger partial charge in [-0.3, -0.25) is 0 Å². The van der Waals surface area contributed by atoms with Crippen molar-refractivity contribution in [2.75, 3.05) is 5.32 Å². The predicted octanol–water partition coefficient (Wildman–Crippen LogP) is 4.95. The van der Waals surface area contributed by atoms with Crippen LogP contribution in [0.1, 0.15) is 45.1 Å².